The van der Waals surface area contributed by atoms with Gasteiger partial charge in [-0.25, -0.2) is 0 Å². The Morgan fingerprint density at radius 1 is 1.53 bits per heavy atom. The SMILES string of the molecule is Cc1cc(Br)ccc1OC(=O)C1CNC1. The quantitative estimate of drug-likeness (QED) is 0.658. The summed E-state index contributed by atoms with van der Waals surface area (Å²) < 4.78 is 6.30. The monoisotopic (exact) mass is 269 g/mol. The average molecular weight is 270 g/mol. The molecule has 0 saturated carbocycles. The fourth-order valence-corrected chi connectivity index (χ4v) is 1.85. The van der Waals surface area contributed by atoms with Crippen molar-refractivity contribution in [1.29, 1.82) is 0 Å². The van der Waals surface area contributed by atoms with E-state index in [4.69, 9.17) is 4.74 Å². The Morgan fingerprint density at radius 2 is 2.27 bits per heavy atom. The Hall–Kier alpha value is -0.870. The molecule has 0 amide bonds. The summed E-state index contributed by atoms with van der Waals surface area (Å²) >= 11 is 3.37. The van der Waals surface area contributed by atoms with Gasteiger partial charge in [0.1, 0.15) is 5.75 Å². The van der Waals surface area contributed by atoms with E-state index >= 15 is 0 Å². The fraction of sp³-hybridized carbons (Fsp3) is 0.364. The van der Waals surface area contributed by atoms with Crippen LogP contribution in [0.5, 0.6) is 5.75 Å². The topological polar surface area (TPSA) is 38.3 Å². The summed E-state index contributed by atoms with van der Waals surface area (Å²) in [5.74, 6) is 0.530. The van der Waals surface area contributed by atoms with E-state index in [9.17, 15) is 4.79 Å². The van der Waals surface area contributed by atoms with Crippen molar-refractivity contribution in [2.45, 2.75) is 6.92 Å². The van der Waals surface area contributed by atoms with Gasteiger partial charge >= 0.3 is 5.97 Å². The smallest absolute Gasteiger partial charge is 0.316 e. The summed E-state index contributed by atoms with van der Waals surface area (Å²) in [4.78, 5) is 11.6. The van der Waals surface area contributed by atoms with Gasteiger partial charge in [-0.1, -0.05) is 15.9 Å². The highest BCUT2D eigenvalue weighted by molar-refractivity contribution is 9.10. The van der Waals surface area contributed by atoms with Gasteiger partial charge in [-0.15, -0.1) is 0 Å². The molecular weight excluding hydrogens is 258 g/mol. The van der Waals surface area contributed by atoms with Crippen LogP contribution in [0, 0.1) is 12.8 Å². The number of hydrogen-bond acceptors (Lipinski definition) is 3. The van der Waals surface area contributed by atoms with Crippen LogP contribution in [0.3, 0.4) is 0 Å². The van der Waals surface area contributed by atoms with E-state index in [-0.39, 0.29) is 11.9 Å². The zero-order valence-corrected chi connectivity index (χ0v) is 10.0. The number of rotatable bonds is 2. The van der Waals surface area contributed by atoms with Crippen LogP contribution in [-0.2, 0) is 4.79 Å². The molecule has 1 heterocycles. The largest absolute Gasteiger partial charge is 0.426 e. The van der Waals surface area contributed by atoms with Crippen molar-refractivity contribution in [3.8, 4) is 5.75 Å². The molecule has 1 aliphatic heterocycles. The third kappa shape index (κ3) is 2.38. The molecule has 0 bridgehead atoms. The van der Waals surface area contributed by atoms with E-state index < -0.39 is 0 Å². The maximum atomic E-state index is 11.6. The molecule has 0 aromatic heterocycles. The molecule has 0 aliphatic carbocycles. The standard InChI is InChI=1S/C11H12BrNO2/c1-7-4-9(12)2-3-10(7)15-11(14)8-5-13-6-8/h2-4,8,13H,5-6H2,1H3. The van der Waals surface area contributed by atoms with Gasteiger partial charge in [0.25, 0.3) is 0 Å². The predicted molar refractivity (Wildman–Crippen MR) is 60.9 cm³/mol. The van der Waals surface area contributed by atoms with Gasteiger partial charge in [0, 0.05) is 17.6 Å². The summed E-state index contributed by atoms with van der Waals surface area (Å²) in [7, 11) is 0. The molecule has 0 spiro atoms. The van der Waals surface area contributed by atoms with Crippen molar-refractivity contribution in [3.05, 3.63) is 28.2 Å². The third-order valence-electron chi connectivity index (χ3n) is 2.46. The number of esters is 1. The second-order valence-electron chi connectivity index (χ2n) is 3.69. The first-order valence-corrected chi connectivity index (χ1v) is 5.64. The first-order chi connectivity index (χ1) is 7.16. The Balaban J connectivity index is 2.06. The van der Waals surface area contributed by atoms with Crippen molar-refractivity contribution in [2.24, 2.45) is 5.92 Å². The maximum absolute atomic E-state index is 11.6. The zero-order chi connectivity index (χ0) is 10.8. The summed E-state index contributed by atoms with van der Waals surface area (Å²) in [6.45, 7) is 3.38. The summed E-state index contributed by atoms with van der Waals surface area (Å²) in [6.07, 6.45) is 0. The minimum Gasteiger partial charge on any atom is -0.426 e. The second-order valence-corrected chi connectivity index (χ2v) is 4.60. The Bertz CT molecular complexity index is 388. The molecule has 15 heavy (non-hydrogen) atoms. The van der Waals surface area contributed by atoms with E-state index in [0.717, 1.165) is 23.1 Å². The van der Waals surface area contributed by atoms with Crippen LogP contribution in [-0.4, -0.2) is 19.1 Å². The van der Waals surface area contributed by atoms with Crippen molar-refractivity contribution >= 4 is 21.9 Å². The summed E-state index contributed by atoms with van der Waals surface area (Å²) in [5.41, 5.74) is 0.963. The lowest BCUT2D eigenvalue weighted by Crippen LogP contribution is -2.48. The van der Waals surface area contributed by atoms with Crippen molar-refractivity contribution in [1.82, 2.24) is 5.32 Å². The summed E-state index contributed by atoms with van der Waals surface area (Å²) in [6, 6.07) is 5.61. The number of benzene rings is 1. The van der Waals surface area contributed by atoms with Gasteiger partial charge in [0.15, 0.2) is 0 Å². The Kier molecular flexibility index (Phi) is 3.07. The highest BCUT2D eigenvalue weighted by Gasteiger charge is 2.27. The molecule has 1 aromatic rings. The molecule has 1 saturated heterocycles. The number of halogens is 1. The molecule has 80 valence electrons. The van der Waals surface area contributed by atoms with Gasteiger partial charge in [0.2, 0.25) is 0 Å². The Morgan fingerprint density at radius 3 is 2.80 bits per heavy atom. The molecule has 0 unspecified atom stereocenters. The average Bonchev–Trinajstić information content (AvgIpc) is 2.07. The second kappa shape index (κ2) is 4.33. The van der Waals surface area contributed by atoms with Crippen LogP contribution in [0.25, 0.3) is 0 Å². The third-order valence-corrected chi connectivity index (χ3v) is 2.96. The molecule has 1 aliphatic rings. The molecule has 1 fully saturated rings. The van der Waals surface area contributed by atoms with Crippen molar-refractivity contribution < 1.29 is 9.53 Å². The number of hydrogen-bond donors (Lipinski definition) is 1. The highest BCUT2D eigenvalue weighted by Crippen LogP contribution is 2.23. The van der Waals surface area contributed by atoms with Gasteiger partial charge in [-0.05, 0) is 30.7 Å². The van der Waals surface area contributed by atoms with E-state index in [1.807, 2.05) is 25.1 Å². The number of aryl methyl sites for hydroxylation is 1. The van der Waals surface area contributed by atoms with Crippen molar-refractivity contribution in [2.75, 3.05) is 13.1 Å². The molecule has 2 rings (SSSR count). The van der Waals surface area contributed by atoms with Gasteiger partial charge < -0.3 is 10.1 Å². The maximum Gasteiger partial charge on any atom is 0.316 e. The molecular formula is C11H12BrNO2. The number of nitrogens with one attached hydrogen (secondary N) is 1. The first kappa shape index (κ1) is 10.6. The summed E-state index contributed by atoms with van der Waals surface area (Å²) in [5, 5.41) is 3.04. The minimum absolute atomic E-state index is 0.0213. The van der Waals surface area contributed by atoms with Gasteiger partial charge in [-0.2, -0.15) is 0 Å². The number of ether oxygens (including phenoxy) is 1. The predicted octanol–water partition coefficient (Wildman–Crippen LogP) is 1.88. The van der Waals surface area contributed by atoms with E-state index in [2.05, 4.69) is 21.2 Å². The lowest BCUT2D eigenvalue weighted by molar-refractivity contribution is -0.140. The normalized spacial score (nSPS) is 15.9. The molecule has 0 radical (unpaired) electrons. The Labute approximate surface area is 96.9 Å². The molecule has 1 N–H and O–H groups in total. The minimum atomic E-state index is -0.140. The van der Waals surface area contributed by atoms with Crippen LogP contribution >= 0.6 is 15.9 Å². The van der Waals surface area contributed by atoms with Crippen LogP contribution in [0.2, 0.25) is 0 Å². The van der Waals surface area contributed by atoms with Crippen LogP contribution in [0.4, 0.5) is 0 Å². The van der Waals surface area contributed by atoms with Gasteiger partial charge in [-0.3, -0.25) is 4.79 Å². The van der Waals surface area contributed by atoms with Crippen molar-refractivity contribution in [3.63, 3.8) is 0 Å². The fourth-order valence-electron chi connectivity index (χ4n) is 1.37. The van der Waals surface area contributed by atoms with E-state index in [0.29, 0.717) is 5.75 Å². The number of carbonyl (C=O) groups excluding carboxylic acids is 1. The molecule has 4 heteroatoms. The number of carbonyl (C=O) groups is 1. The molecule has 0 atom stereocenters. The van der Waals surface area contributed by atoms with Crippen LogP contribution < -0.4 is 10.1 Å². The van der Waals surface area contributed by atoms with Crippen LogP contribution in [0.15, 0.2) is 22.7 Å². The first-order valence-electron chi connectivity index (χ1n) is 4.85. The highest BCUT2D eigenvalue weighted by atomic mass is 79.9. The van der Waals surface area contributed by atoms with Gasteiger partial charge in [0.05, 0.1) is 5.92 Å². The zero-order valence-electron chi connectivity index (χ0n) is 8.42. The van der Waals surface area contributed by atoms with Crippen LogP contribution in [0.1, 0.15) is 5.56 Å². The lowest BCUT2D eigenvalue weighted by atomic mass is 10.0. The van der Waals surface area contributed by atoms with E-state index in [1.165, 1.54) is 0 Å². The molecule has 3 nitrogen and oxygen atoms in total. The molecule has 1 aromatic carbocycles. The lowest BCUT2D eigenvalue weighted by Gasteiger charge is -2.25. The van der Waals surface area contributed by atoms with E-state index in [1.54, 1.807) is 0 Å².